The van der Waals surface area contributed by atoms with Crippen LogP contribution in [0.4, 0.5) is 0 Å². The van der Waals surface area contributed by atoms with Gasteiger partial charge in [-0.25, -0.2) is 9.79 Å². The summed E-state index contributed by atoms with van der Waals surface area (Å²) in [7, 11) is 1.47. The topological polar surface area (TPSA) is 96.2 Å². The number of methoxy groups -OCH3 is 1. The molecule has 0 saturated carbocycles. The van der Waals surface area contributed by atoms with Crippen LogP contribution in [0, 0.1) is 0 Å². The summed E-state index contributed by atoms with van der Waals surface area (Å²) >= 11 is 2.84. The van der Waals surface area contributed by atoms with Gasteiger partial charge in [-0.3, -0.25) is 14.2 Å². The van der Waals surface area contributed by atoms with Gasteiger partial charge in [-0.2, -0.15) is 0 Å². The summed E-state index contributed by atoms with van der Waals surface area (Å²) < 4.78 is 17.8. The molecule has 0 radical (unpaired) electrons. The summed E-state index contributed by atoms with van der Waals surface area (Å²) in [6.07, 6.45) is 3.71. The molecule has 2 heterocycles. The van der Waals surface area contributed by atoms with Gasteiger partial charge in [0.25, 0.3) is 5.56 Å². The Labute approximate surface area is 221 Å². The maximum absolute atomic E-state index is 13.7. The average molecular weight is 539 g/mol. The molecule has 1 aromatic heterocycles. The number of thiazole rings is 1. The van der Waals surface area contributed by atoms with E-state index in [1.165, 1.54) is 25.4 Å². The maximum Gasteiger partial charge on any atom is 0.338 e. The van der Waals surface area contributed by atoms with Crippen LogP contribution in [0.25, 0.3) is 6.08 Å². The van der Waals surface area contributed by atoms with Crippen molar-refractivity contribution >= 4 is 41.1 Å². The number of thioether (sulfide) groups is 1. The van der Waals surface area contributed by atoms with Crippen LogP contribution in [0.3, 0.4) is 0 Å². The highest BCUT2D eigenvalue weighted by atomic mass is 32.2. The summed E-state index contributed by atoms with van der Waals surface area (Å²) in [5.74, 6) is -0.304. The SMILES string of the molecule is CCOC(=O)C1=C(C)N=c2s/c(=C\c3ccc(OC(C)=O)c(OC)c3)c(=O)n2[C@H]1c1ccc(SC)cc1. The number of fused-ring (bicyclic) bond motifs is 1. The molecule has 0 aliphatic carbocycles. The van der Waals surface area contributed by atoms with E-state index in [1.54, 1.807) is 54.5 Å². The van der Waals surface area contributed by atoms with Crippen LogP contribution < -0.4 is 24.4 Å². The third-order valence-corrected chi connectivity index (χ3v) is 7.41. The van der Waals surface area contributed by atoms with Crippen LogP contribution in [0.2, 0.25) is 0 Å². The van der Waals surface area contributed by atoms with Crippen LogP contribution in [0.5, 0.6) is 11.5 Å². The Morgan fingerprint density at radius 2 is 1.89 bits per heavy atom. The minimum absolute atomic E-state index is 0.212. The Hall–Kier alpha value is -3.63. The predicted molar refractivity (Wildman–Crippen MR) is 143 cm³/mol. The zero-order valence-corrected chi connectivity index (χ0v) is 22.7. The molecule has 0 fully saturated rings. The van der Waals surface area contributed by atoms with Crippen molar-refractivity contribution in [2.75, 3.05) is 20.0 Å². The maximum atomic E-state index is 13.7. The summed E-state index contributed by atoms with van der Waals surface area (Å²) in [4.78, 5) is 44.2. The second kappa shape index (κ2) is 11.2. The first-order chi connectivity index (χ1) is 17.8. The molecule has 0 unspecified atom stereocenters. The lowest BCUT2D eigenvalue weighted by Gasteiger charge is -2.24. The average Bonchev–Trinajstić information content (AvgIpc) is 3.18. The van der Waals surface area contributed by atoms with Crippen molar-refractivity contribution in [3.63, 3.8) is 0 Å². The summed E-state index contributed by atoms with van der Waals surface area (Å²) in [5, 5.41) is 0. The van der Waals surface area contributed by atoms with Crippen molar-refractivity contribution in [2.24, 2.45) is 4.99 Å². The third-order valence-electron chi connectivity index (χ3n) is 5.69. The van der Waals surface area contributed by atoms with Gasteiger partial charge in [0.05, 0.1) is 35.6 Å². The molecule has 1 atom stereocenters. The van der Waals surface area contributed by atoms with Crippen molar-refractivity contribution in [1.29, 1.82) is 0 Å². The summed E-state index contributed by atoms with van der Waals surface area (Å²) in [5.41, 5.74) is 2.04. The number of hydrogen-bond acceptors (Lipinski definition) is 9. The fourth-order valence-corrected chi connectivity index (χ4v) is 5.51. The molecule has 192 valence electrons. The molecule has 37 heavy (non-hydrogen) atoms. The van der Waals surface area contributed by atoms with E-state index in [9.17, 15) is 14.4 Å². The van der Waals surface area contributed by atoms with Crippen molar-refractivity contribution in [2.45, 2.75) is 31.7 Å². The molecule has 0 N–H and O–H groups in total. The number of allylic oxidation sites excluding steroid dienone is 1. The number of ether oxygens (including phenoxy) is 3. The first kappa shape index (κ1) is 26.4. The molecular formula is C27H26N2O6S2. The first-order valence-corrected chi connectivity index (χ1v) is 13.5. The monoisotopic (exact) mass is 538 g/mol. The van der Waals surface area contributed by atoms with Gasteiger partial charge < -0.3 is 14.2 Å². The molecule has 10 heteroatoms. The lowest BCUT2D eigenvalue weighted by molar-refractivity contribution is -0.139. The van der Waals surface area contributed by atoms with Crippen molar-refractivity contribution < 1.29 is 23.8 Å². The minimum Gasteiger partial charge on any atom is -0.493 e. The number of carbonyl (C=O) groups is 2. The van der Waals surface area contributed by atoms with Gasteiger partial charge in [-0.05, 0) is 61.6 Å². The number of esters is 2. The molecule has 3 aromatic rings. The zero-order chi connectivity index (χ0) is 26.7. The van der Waals surface area contributed by atoms with Gasteiger partial charge in [0.15, 0.2) is 16.3 Å². The summed E-state index contributed by atoms with van der Waals surface area (Å²) in [6.45, 7) is 5.02. The molecule has 4 rings (SSSR count). The van der Waals surface area contributed by atoms with E-state index < -0.39 is 18.0 Å². The van der Waals surface area contributed by atoms with Gasteiger partial charge in [0, 0.05) is 11.8 Å². The fourth-order valence-electron chi connectivity index (χ4n) is 4.06. The highest BCUT2D eigenvalue weighted by Gasteiger charge is 2.33. The minimum atomic E-state index is -0.672. The third kappa shape index (κ3) is 5.40. The zero-order valence-electron chi connectivity index (χ0n) is 21.1. The second-order valence-corrected chi connectivity index (χ2v) is 9.97. The molecule has 0 spiro atoms. The molecule has 2 aromatic carbocycles. The van der Waals surface area contributed by atoms with Gasteiger partial charge in [0.1, 0.15) is 0 Å². The number of rotatable bonds is 7. The second-order valence-electron chi connectivity index (χ2n) is 8.08. The Morgan fingerprint density at radius 3 is 2.51 bits per heavy atom. The Balaban J connectivity index is 1.88. The fraction of sp³-hybridized carbons (Fsp3) is 0.259. The van der Waals surface area contributed by atoms with Crippen LogP contribution in [0.1, 0.15) is 37.9 Å². The first-order valence-electron chi connectivity index (χ1n) is 11.5. The molecule has 0 amide bonds. The largest absolute Gasteiger partial charge is 0.493 e. The van der Waals surface area contributed by atoms with Crippen molar-refractivity contribution in [3.05, 3.63) is 84.5 Å². The normalized spacial score (nSPS) is 15.2. The molecule has 0 bridgehead atoms. The number of aromatic nitrogens is 1. The highest BCUT2D eigenvalue weighted by molar-refractivity contribution is 7.98. The Kier molecular flexibility index (Phi) is 7.99. The summed E-state index contributed by atoms with van der Waals surface area (Å²) in [6, 6.07) is 12.1. The number of carbonyl (C=O) groups excluding carboxylic acids is 2. The lowest BCUT2D eigenvalue weighted by Crippen LogP contribution is -2.39. The smallest absolute Gasteiger partial charge is 0.338 e. The van der Waals surface area contributed by atoms with E-state index in [4.69, 9.17) is 14.2 Å². The molecule has 0 saturated heterocycles. The van der Waals surface area contributed by atoms with Crippen LogP contribution >= 0.6 is 23.1 Å². The standard InChI is InChI=1S/C27H26N2O6S2/c1-6-34-26(32)23-15(2)28-27-29(24(23)18-8-10-19(36-5)11-9-18)25(31)22(37-27)14-17-7-12-20(35-16(3)30)21(13-17)33-4/h7-14,24H,6H2,1-5H3/b22-14-/t24-/m0/s1. The molecular weight excluding hydrogens is 512 g/mol. The molecule has 8 nitrogen and oxygen atoms in total. The van der Waals surface area contributed by atoms with Gasteiger partial charge in [-0.1, -0.05) is 29.5 Å². The van der Waals surface area contributed by atoms with E-state index in [-0.39, 0.29) is 17.9 Å². The van der Waals surface area contributed by atoms with Gasteiger partial charge in [-0.15, -0.1) is 11.8 Å². The lowest BCUT2D eigenvalue weighted by atomic mass is 9.96. The Bertz CT molecular complexity index is 1570. The number of hydrogen-bond donors (Lipinski definition) is 0. The van der Waals surface area contributed by atoms with E-state index in [2.05, 4.69) is 4.99 Å². The van der Waals surface area contributed by atoms with Crippen LogP contribution in [-0.4, -0.2) is 36.5 Å². The Morgan fingerprint density at radius 1 is 1.16 bits per heavy atom. The van der Waals surface area contributed by atoms with Gasteiger partial charge in [0.2, 0.25) is 0 Å². The van der Waals surface area contributed by atoms with Gasteiger partial charge >= 0.3 is 11.9 Å². The predicted octanol–water partition coefficient (Wildman–Crippen LogP) is 3.45. The number of benzene rings is 2. The number of nitrogens with zero attached hydrogens (tertiary/aromatic N) is 2. The van der Waals surface area contributed by atoms with Crippen LogP contribution in [-0.2, 0) is 14.3 Å². The van der Waals surface area contributed by atoms with E-state index in [1.807, 2.05) is 30.5 Å². The van der Waals surface area contributed by atoms with Crippen molar-refractivity contribution in [3.8, 4) is 11.5 Å². The quantitative estimate of drug-likeness (QED) is 0.258. The van der Waals surface area contributed by atoms with E-state index >= 15 is 0 Å². The van der Waals surface area contributed by atoms with E-state index in [0.29, 0.717) is 31.9 Å². The van der Waals surface area contributed by atoms with Crippen LogP contribution in [0.15, 0.2) is 68.4 Å². The molecule has 1 aliphatic heterocycles. The van der Waals surface area contributed by atoms with E-state index in [0.717, 1.165) is 10.5 Å². The van der Waals surface area contributed by atoms with Crippen molar-refractivity contribution in [1.82, 2.24) is 4.57 Å². The molecule has 1 aliphatic rings. The highest BCUT2D eigenvalue weighted by Crippen LogP contribution is 2.32.